The van der Waals surface area contributed by atoms with Crippen molar-refractivity contribution in [2.45, 2.75) is 38.2 Å². The molecule has 0 atom stereocenters. The minimum atomic E-state index is 0.347. The van der Waals surface area contributed by atoms with Crippen LogP contribution in [0.1, 0.15) is 32.1 Å². The molecule has 0 aromatic heterocycles. The van der Waals surface area contributed by atoms with Crippen molar-refractivity contribution < 1.29 is 9.84 Å². The van der Waals surface area contributed by atoms with Crippen LogP contribution in [0.15, 0.2) is 12.7 Å². The Balaban J connectivity index is 2.06. The van der Waals surface area contributed by atoms with Gasteiger partial charge in [0.15, 0.2) is 0 Å². The van der Waals surface area contributed by atoms with Crippen LogP contribution in [0.3, 0.4) is 0 Å². The Hall–Kier alpha value is -0.340. The van der Waals surface area contributed by atoms with Gasteiger partial charge in [0.25, 0.3) is 0 Å². The van der Waals surface area contributed by atoms with Gasteiger partial charge in [-0.15, -0.1) is 6.58 Å². The molecular formula is C11H20O2. The first-order valence-corrected chi connectivity index (χ1v) is 5.20. The minimum Gasteiger partial charge on any atom is -0.396 e. The molecule has 0 amide bonds. The largest absolute Gasteiger partial charge is 0.396 e. The Bertz CT molecular complexity index is 137. The number of rotatable bonds is 5. The average molecular weight is 184 g/mol. The molecule has 1 saturated carbocycles. The van der Waals surface area contributed by atoms with Crippen molar-refractivity contribution in [1.82, 2.24) is 0 Å². The number of aliphatic hydroxyl groups excluding tert-OH is 1. The molecule has 1 aliphatic carbocycles. The third-order valence-corrected chi connectivity index (χ3v) is 2.73. The summed E-state index contributed by atoms with van der Waals surface area (Å²) < 4.78 is 5.66. The first kappa shape index (κ1) is 10.7. The first-order valence-electron chi connectivity index (χ1n) is 5.20. The van der Waals surface area contributed by atoms with Gasteiger partial charge in [-0.2, -0.15) is 0 Å². The lowest BCUT2D eigenvalue weighted by atomic mass is 9.88. The molecule has 1 aliphatic rings. The Morgan fingerprint density at radius 2 is 2.00 bits per heavy atom. The zero-order valence-corrected chi connectivity index (χ0v) is 8.24. The third kappa shape index (κ3) is 3.92. The normalized spacial score (nSPS) is 28.7. The van der Waals surface area contributed by atoms with Gasteiger partial charge in [-0.25, -0.2) is 0 Å². The molecule has 0 radical (unpaired) electrons. The van der Waals surface area contributed by atoms with Gasteiger partial charge in [-0.3, -0.25) is 0 Å². The fourth-order valence-corrected chi connectivity index (χ4v) is 1.80. The van der Waals surface area contributed by atoms with Crippen LogP contribution in [-0.4, -0.2) is 24.4 Å². The van der Waals surface area contributed by atoms with Crippen molar-refractivity contribution in [3.05, 3.63) is 12.7 Å². The van der Waals surface area contributed by atoms with Gasteiger partial charge >= 0.3 is 0 Å². The van der Waals surface area contributed by atoms with Gasteiger partial charge in [-0.1, -0.05) is 6.08 Å². The maximum Gasteiger partial charge on any atom is 0.0575 e. The van der Waals surface area contributed by atoms with Crippen LogP contribution in [0.25, 0.3) is 0 Å². The van der Waals surface area contributed by atoms with Gasteiger partial charge in [0.2, 0.25) is 0 Å². The Kier molecular flexibility index (Phi) is 5.09. The van der Waals surface area contributed by atoms with E-state index in [1.807, 2.05) is 6.08 Å². The van der Waals surface area contributed by atoms with Gasteiger partial charge < -0.3 is 9.84 Å². The predicted molar refractivity (Wildman–Crippen MR) is 53.6 cm³/mol. The summed E-state index contributed by atoms with van der Waals surface area (Å²) >= 11 is 0. The predicted octanol–water partition coefficient (Wildman–Crippen LogP) is 2.13. The molecular weight excluding hydrogens is 164 g/mol. The van der Waals surface area contributed by atoms with Crippen LogP contribution in [0, 0.1) is 5.92 Å². The van der Waals surface area contributed by atoms with Crippen LogP contribution in [0.5, 0.6) is 0 Å². The van der Waals surface area contributed by atoms with Crippen molar-refractivity contribution in [1.29, 1.82) is 0 Å². The topological polar surface area (TPSA) is 29.5 Å². The van der Waals surface area contributed by atoms with Gasteiger partial charge in [0.05, 0.1) is 12.7 Å². The molecule has 0 heterocycles. The highest BCUT2D eigenvalue weighted by Crippen LogP contribution is 2.25. The molecule has 1 N–H and O–H groups in total. The maximum absolute atomic E-state index is 8.94. The van der Waals surface area contributed by atoms with E-state index in [4.69, 9.17) is 9.84 Å². The number of ether oxygens (including phenoxy) is 1. The molecule has 2 heteroatoms. The molecule has 0 aromatic carbocycles. The van der Waals surface area contributed by atoms with Gasteiger partial charge in [0, 0.05) is 6.61 Å². The maximum atomic E-state index is 8.94. The van der Waals surface area contributed by atoms with E-state index >= 15 is 0 Å². The molecule has 0 unspecified atom stereocenters. The average Bonchev–Trinajstić information content (AvgIpc) is 2.19. The van der Waals surface area contributed by atoms with Gasteiger partial charge in [-0.05, 0) is 38.0 Å². The summed E-state index contributed by atoms with van der Waals surface area (Å²) in [7, 11) is 0. The molecule has 0 spiro atoms. The smallest absolute Gasteiger partial charge is 0.0575 e. The van der Waals surface area contributed by atoms with E-state index in [9.17, 15) is 0 Å². The molecule has 1 fully saturated rings. The van der Waals surface area contributed by atoms with Crippen molar-refractivity contribution in [3.63, 3.8) is 0 Å². The van der Waals surface area contributed by atoms with E-state index in [0.29, 0.717) is 18.6 Å². The molecule has 0 bridgehead atoms. The molecule has 0 saturated heterocycles. The van der Waals surface area contributed by atoms with Crippen molar-refractivity contribution >= 4 is 0 Å². The van der Waals surface area contributed by atoms with E-state index < -0.39 is 0 Å². The summed E-state index contributed by atoms with van der Waals surface area (Å²) in [5.41, 5.74) is 0. The van der Waals surface area contributed by atoms with Crippen molar-refractivity contribution in [3.8, 4) is 0 Å². The van der Waals surface area contributed by atoms with E-state index in [1.165, 1.54) is 0 Å². The lowest BCUT2D eigenvalue weighted by Crippen LogP contribution is -2.23. The molecule has 13 heavy (non-hydrogen) atoms. The number of hydrogen-bond donors (Lipinski definition) is 1. The standard InChI is InChI=1S/C11H20O2/c1-2-3-8-13-11-6-4-10(9-12)5-7-11/h2,10-12H,1,3-9H2. The molecule has 2 nitrogen and oxygen atoms in total. The molecule has 0 aliphatic heterocycles. The zero-order valence-electron chi connectivity index (χ0n) is 8.24. The fraction of sp³-hybridized carbons (Fsp3) is 0.818. The highest BCUT2D eigenvalue weighted by atomic mass is 16.5. The number of aliphatic hydroxyl groups is 1. The van der Waals surface area contributed by atoms with Crippen molar-refractivity contribution in [2.75, 3.05) is 13.2 Å². The van der Waals surface area contributed by atoms with Crippen LogP contribution in [0.4, 0.5) is 0 Å². The Morgan fingerprint density at radius 3 is 2.54 bits per heavy atom. The summed E-state index contributed by atoms with van der Waals surface area (Å²) in [6.45, 7) is 4.81. The zero-order chi connectivity index (χ0) is 9.52. The van der Waals surface area contributed by atoms with Crippen LogP contribution >= 0.6 is 0 Å². The summed E-state index contributed by atoms with van der Waals surface area (Å²) in [5, 5.41) is 8.94. The highest BCUT2D eigenvalue weighted by molar-refractivity contribution is 4.73. The van der Waals surface area contributed by atoms with Crippen LogP contribution in [0.2, 0.25) is 0 Å². The van der Waals surface area contributed by atoms with Crippen LogP contribution in [-0.2, 0) is 4.74 Å². The van der Waals surface area contributed by atoms with E-state index in [-0.39, 0.29) is 0 Å². The van der Waals surface area contributed by atoms with E-state index in [2.05, 4.69) is 6.58 Å². The second-order valence-electron chi connectivity index (χ2n) is 3.77. The second kappa shape index (κ2) is 6.17. The summed E-state index contributed by atoms with van der Waals surface area (Å²) in [5.74, 6) is 0.527. The first-order chi connectivity index (χ1) is 6.36. The number of hydrogen-bond acceptors (Lipinski definition) is 2. The highest BCUT2D eigenvalue weighted by Gasteiger charge is 2.20. The van der Waals surface area contributed by atoms with Crippen LogP contribution < -0.4 is 0 Å². The summed E-state index contributed by atoms with van der Waals surface area (Å²) in [4.78, 5) is 0. The van der Waals surface area contributed by atoms with E-state index in [1.54, 1.807) is 0 Å². The molecule has 1 rings (SSSR count). The Morgan fingerprint density at radius 1 is 1.31 bits per heavy atom. The fourth-order valence-electron chi connectivity index (χ4n) is 1.80. The minimum absolute atomic E-state index is 0.347. The Labute approximate surface area is 80.6 Å². The van der Waals surface area contributed by atoms with Gasteiger partial charge in [0.1, 0.15) is 0 Å². The molecule has 0 aromatic rings. The SMILES string of the molecule is C=CCCOC1CCC(CO)CC1. The summed E-state index contributed by atoms with van der Waals surface area (Å²) in [6.07, 6.45) is 7.73. The van der Waals surface area contributed by atoms with E-state index in [0.717, 1.165) is 38.7 Å². The second-order valence-corrected chi connectivity index (χ2v) is 3.77. The lowest BCUT2D eigenvalue weighted by molar-refractivity contribution is 0.0137. The molecule has 76 valence electrons. The lowest BCUT2D eigenvalue weighted by Gasteiger charge is -2.27. The third-order valence-electron chi connectivity index (χ3n) is 2.73. The quantitative estimate of drug-likeness (QED) is 0.524. The summed E-state index contributed by atoms with van der Waals surface area (Å²) in [6, 6.07) is 0. The van der Waals surface area contributed by atoms with Crippen molar-refractivity contribution in [2.24, 2.45) is 5.92 Å². The monoisotopic (exact) mass is 184 g/mol.